The van der Waals surface area contributed by atoms with E-state index in [-0.39, 0.29) is 0 Å². The van der Waals surface area contributed by atoms with Crippen molar-refractivity contribution < 1.29 is 0 Å². The van der Waals surface area contributed by atoms with Crippen molar-refractivity contribution in [2.45, 2.75) is 45.4 Å². The molecule has 76 valence electrons. The molecule has 0 atom stereocenters. The van der Waals surface area contributed by atoms with Gasteiger partial charge >= 0.3 is 0 Å². The molecule has 2 rings (SSSR count). The monoisotopic (exact) mass is 188 g/mol. The molecule has 0 bridgehead atoms. The Bertz CT molecular complexity index is 295. The first-order valence-electron chi connectivity index (χ1n) is 5.85. The Morgan fingerprint density at radius 1 is 1.21 bits per heavy atom. The van der Waals surface area contributed by atoms with E-state index in [9.17, 15) is 0 Å². The van der Waals surface area contributed by atoms with Crippen LogP contribution in [0.15, 0.2) is 24.3 Å². The van der Waals surface area contributed by atoms with Crippen molar-refractivity contribution in [3.8, 4) is 0 Å². The second-order valence-corrected chi connectivity index (χ2v) is 4.85. The minimum Gasteiger partial charge on any atom is -0.0620 e. The van der Waals surface area contributed by atoms with Crippen LogP contribution in [0.25, 0.3) is 0 Å². The molecule has 0 unspecified atom stereocenters. The molecule has 0 aliphatic heterocycles. The second kappa shape index (κ2) is 4.16. The summed E-state index contributed by atoms with van der Waals surface area (Å²) in [5, 5.41) is 0. The smallest absolute Gasteiger partial charge is 0.0216 e. The molecule has 0 nitrogen and oxygen atoms in total. The highest BCUT2D eigenvalue weighted by molar-refractivity contribution is 5.30. The van der Waals surface area contributed by atoms with Crippen LogP contribution in [-0.4, -0.2) is 0 Å². The molecule has 0 heteroatoms. The maximum absolute atomic E-state index is 2.31. The lowest BCUT2D eigenvalue weighted by atomic mass is 9.79. The zero-order valence-corrected chi connectivity index (χ0v) is 9.29. The zero-order chi connectivity index (χ0) is 9.97. The van der Waals surface area contributed by atoms with Crippen LogP contribution in [0.3, 0.4) is 0 Å². The van der Waals surface area contributed by atoms with Crippen LogP contribution in [0.5, 0.6) is 0 Å². The van der Waals surface area contributed by atoms with Gasteiger partial charge < -0.3 is 0 Å². The summed E-state index contributed by atoms with van der Waals surface area (Å²) in [5.41, 5.74) is 3.15. The third-order valence-electron chi connectivity index (χ3n) is 3.41. The first kappa shape index (κ1) is 9.76. The molecule has 0 radical (unpaired) electrons. The van der Waals surface area contributed by atoms with Gasteiger partial charge in [-0.1, -0.05) is 57.4 Å². The van der Waals surface area contributed by atoms with Gasteiger partial charge in [-0.15, -0.1) is 0 Å². The quantitative estimate of drug-likeness (QED) is 0.668. The summed E-state index contributed by atoms with van der Waals surface area (Å²) >= 11 is 0. The Morgan fingerprint density at radius 3 is 2.50 bits per heavy atom. The minimum absolute atomic E-state index is 0.672. The Labute approximate surface area is 87.3 Å². The van der Waals surface area contributed by atoms with Crippen LogP contribution in [0.1, 0.15) is 50.2 Å². The van der Waals surface area contributed by atoms with Gasteiger partial charge in [0, 0.05) is 0 Å². The summed E-state index contributed by atoms with van der Waals surface area (Å²) < 4.78 is 0. The molecule has 1 aliphatic carbocycles. The predicted molar refractivity (Wildman–Crippen MR) is 61.6 cm³/mol. The number of benzene rings is 1. The summed E-state index contributed by atoms with van der Waals surface area (Å²) in [6.45, 7) is 4.58. The third-order valence-corrected chi connectivity index (χ3v) is 3.41. The van der Waals surface area contributed by atoms with Gasteiger partial charge in [0.05, 0.1) is 0 Å². The van der Waals surface area contributed by atoms with E-state index < -0.39 is 0 Å². The van der Waals surface area contributed by atoms with Gasteiger partial charge in [0.2, 0.25) is 0 Å². The van der Waals surface area contributed by atoms with Crippen molar-refractivity contribution >= 4 is 0 Å². The molecular formula is C14H20. The van der Waals surface area contributed by atoms with Crippen LogP contribution in [0.2, 0.25) is 0 Å². The summed E-state index contributed by atoms with van der Waals surface area (Å²) in [6.07, 6.45) is 5.67. The van der Waals surface area contributed by atoms with Gasteiger partial charge in [0.1, 0.15) is 0 Å². The normalized spacial score (nSPS) is 17.1. The Hall–Kier alpha value is -0.780. The van der Waals surface area contributed by atoms with Crippen LogP contribution < -0.4 is 0 Å². The molecule has 0 aromatic heterocycles. The Balaban J connectivity index is 2.13. The Kier molecular flexibility index (Phi) is 2.90. The minimum atomic E-state index is 0.672. The molecular weight excluding hydrogens is 168 g/mol. The lowest BCUT2D eigenvalue weighted by molar-refractivity contribution is 0.313. The maximum atomic E-state index is 2.31. The van der Waals surface area contributed by atoms with E-state index in [1.165, 1.54) is 25.7 Å². The van der Waals surface area contributed by atoms with Crippen molar-refractivity contribution in [3.05, 3.63) is 35.4 Å². The zero-order valence-electron chi connectivity index (χ0n) is 9.29. The molecule has 1 aliphatic rings. The molecule has 0 heterocycles. The second-order valence-electron chi connectivity index (χ2n) is 4.85. The van der Waals surface area contributed by atoms with Crippen molar-refractivity contribution in [2.75, 3.05) is 0 Å². The first-order chi connectivity index (χ1) is 6.77. The molecule has 1 aromatic carbocycles. The fourth-order valence-electron chi connectivity index (χ4n) is 2.29. The first-order valence-corrected chi connectivity index (χ1v) is 5.85. The largest absolute Gasteiger partial charge is 0.0620 e. The molecule has 0 N–H and O–H groups in total. The maximum Gasteiger partial charge on any atom is -0.0216 e. The van der Waals surface area contributed by atoms with E-state index in [1.807, 2.05) is 0 Å². The van der Waals surface area contributed by atoms with E-state index in [0.717, 1.165) is 5.92 Å². The summed E-state index contributed by atoms with van der Waals surface area (Å²) in [7, 11) is 0. The highest BCUT2D eigenvalue weighted by Gasteiger charge is 2.19. The fourth-order valence-corrected chi connectivity index (χ4v) is 2.29. The molecule has 0 saturated heterocycles. The molecule has 1 fully saturated rings. The average Bonchev–Trinajstić information content (AvgIpc) is 2.12. The summed E-state index contributed by atoms with van der Waals surface area (Å²) in [4.78, 5) is 0. The molecule has 0 amide bonds. The average molecular weight is 188 g/mol. The summed E-state index contributed by atoms with van der Waals surface area (Å²) in [5.74, 6) is 1.65. The predicted octanol–water partition coefficient (Wildman–Crippen LogP) is 4.15. The van der Waals surface area contributed by atoms with Crippen molar-refractivity contribution in [1.82, 2.24) is 0 Å². The van der Waals surface area contributed by atoms with E-state index in [4.69, 9.17) is 0 Å². The van der Waals surface area contributed by atoms with Gasteiger partial charge in [-0.25, -0.2) is 0 Å². The molecule has 1 aromatic rings. The number of hydrogen-bond acceptors (Lipinski definition) is 0. The van der Waals surface area contributed by atoms with E-state index >= 15 is 0 Å². The van der Waals surface area contributed by atoms with Crippen LogP contribution >= 0.6 is 0 Å². The van der Waals surface area contributed by atoms with Crippen LogP contribution in [0.4, 0.5) is 0 Å². The molecule has 1 saturated carbocycles. The number of hydrogen-bond donors (Lipinski definition) is 0. The van der Waals surface area contributed by atoms with Crippen molar-refractivity contribution in [3.63, 3.8) is 0 Å². The van der Waals surface area contributed by atoms with Crippen molar-refractivity contribution in [1.29, 1.82) is 0 Å². The van der Waals surface area contributed by atoms with E-state index in [0.29, 0.717) is 5.92 Å². The van der Waals surface area contributed by atoms with Gasteiger partial charge in [0.15, 0.2) is 0 Å². The third kappa shape index (κ3) is 2.00. The van der Waals surface area contributed by atoms with Gasteiger partial charge in [-0.05, 0) is 29.4 Å². The SMILES string of the molecule is CC(C)c1ccccc1CC1CCC1. The van der Waals surface area contributed by atoms with E-state index in [2.05, 4.69) is 38.1 Å². The topological polar surface area (TPSA) is 0 Å². The lowest BCUT2D eigenvalue weighted by Crippen LogP contribution is -2.14. The van der Waals surface area contributed by atoms with Crippen LogP contribution in [-0.2, 0) is 6.42 Å². The highest BCUT2D eigenvalue weighted by Crippen LogP contribution is 2.32. The molecule has 0 spiro atoms. The van der Waals surface area contributed by atoms with Gasteiger partial charge in [-0.2, -0.15) is 0 Å². The standard InChI is InChI=1S/C14H20/c1-11(2)14-9-4-3-8-13(14)10-12-6-5-7-12/h3-4,8-9,11-12H,5-7,10H2,1-2H3. The van der Waals surface area contributed by atoms with Gasteiger partial charge in [0.25, 0.3) is 0 Å². The lowest BCUT2D eigenvalue weighted by Gasteiger charge is -2.26. The number of rotatable bonds is 3. The summed E-state index contributed by atoms with van der Waals surface area (Å²) in [6, 6.07) is 8.95. The fraction of sp³-hybridized carbons (Fsp3) is 0.571. The molecule has 14 heavy (non-hydrogen) atoms. The van der Waals surface area contributed by atoms with E-state index in [1.54, 1.807) is 11.1 Å². The highest BCUT2D eigenvalue weighted by atomic mass is 14.2. The van der Waals surface area contributed by atoms with Crippen molar-refractivity contribution in [2.24, 2.45) is 5.92 Å². The van der Waals surface area contributed by atoms with Gasteiger partial charge in [-0.3, -0.25) is 0 Å². The van der Waals surface area contributed by atoms with Crippen LogP contribution in [0, 0.1) is 5.92 Å². The Morgan fingerprint density at radius 2 is 1.93 bits per heavy atom.